The summed E-state index contributed by atoms with van der Waals surface area (Å²) in [6, 6.07) is 2.99. The maximum Gasteiger partial charge on any atom is 0.0672 e. The summed E-state index contributed by atoms with van der Waals surface area (Å²) in [5.41, 5.74) is 0.308. The molecule has 2 unspecified atom stereocenters. The molecule has 0 heterocycles. The molecule has 0 aromatic heterocycles. The molecule has 2 atom stereocenters. The number of nitrogens with zero attached hydrogens (tertiary/aromatic N) is 1. The van der Waals surface area contributed by atoms with Crippen molar-refractivity contribution in [3.63, 3.8) is 0 Å². The highest BCUT2D eigenvalue weighted by atomic mass is 15.0. The molecule has 2 nitrogen and oxygen atoms in total. The molecule has 96 valence electrons. The molecule has 0 amide bonds. The topological polar surface area (TPSA) is 35.8 Å². The third-order valence-corrected chi connectivity index (χ3v) is 4.67. The molecule has 0 aliphatic heterocycles. The van der Waals surface area contributed by atoms with E-state index in [1.807, 2.05) is 0 Å². The number of rotatable bonds is 2. The van der Waals surface area contributed by atoms with Crippen LogP contribution in [0, 0.1) is 17.2 Å². The first kappa shape index (κ1) is 12.9. The summed E-state index contributed by atoms with van der Waals surface area (Å²) in [5.74, 6) is 0.247. The molecule has 2 saturated carbocycles. The summed E-state index contributed by atoms with van der Waals surface area (Å²) in [4.78, 5) is 0. The fourth-order valence-electron chi connectivity index (χ4n) is 3.56. The number of hydrogen-bond donors (Lipinski definition) is 1. The van der Waals surface area contributed by atoms with Crippen molar-refractivity contribution in [2.24, 2.45) is 5.92 Å². The van der Waals surface area contributed by atoms with Gasteiger partial charge in [0.05, 0.1) is 12.0 Å². The summed E-state index contributed by atoms with van der Waals surface area (Å²) in [6.45, 7) is 2.37. The fourth-order valence-corrected chi connectivity index (χ4v) is 3.56. The highest BCUT2D eigenvalue weighted by molar-refractivity contribution is 4.98. The average Bonchev–Trinajstić information content (AvgIpc) is 2.54. The second-order valence-electron chi connectivity index (χ2n) is 6.25. The van der Waals surface area contributed by atoms with E-state index in [1.54, 1.807) is 0 Å². The number of nitrogens with one attached hydrogen (secondary N) is 1. The van der Waals surface area contributed by atoms with E-state index in [2.05, 4.69) is 18.3 Å². The molecule has 0 aromatic rings. The molecule has 2 fully saturated rings. The van der Waals surface area contributed by atoms with Crippen molar-refractivity contribution in [1.82, 2.24) is 5.32 Å². The molecule has 2 heteroatoms. The maximum absolute atomic E-state index is 9.31. The Morgan fingerprint density at radius 3 is 2.35 bits per heavy atom. The lowest BCUT2D eigenvalue weighted by Gasteiger charge is -2.39. The van der Waals surface area contributed by atoms with Crippen molar-refractivity contribution in [2.45, 2.75) is 82.7 Å². The average molecular weight is 234 g/mol. The summed E-state index contributed by atoms with van der Waals surface area (Å²) in [5, 5.41) is 13.2. The van der Waals surface area contributed by atoms with Crippen LogP contribution in [0.1, 0.15) is 71.1 Å². The van der Waals surface area contributed by atoms with Gasteiger partial charge in [0, 0.05) is 11.6 Å². The van der Waals surface area contributed by atoms with E-state index in [-0.39, 0.29) is 5.92 Å². The van der Waals surface area contributed by atoms with Crippen molar-refractivity contribution < 1.29 is 0 Å². The maximum atomic E-state index is 9.31. The van der Waals surface area contributed by atoms with Gasteiger partial charge in [0.15, 0.2) is 0 Å². The second kappa shape index (κ2) is 5.87. The Labute approximate surface area is 106 Å². The highest BCUT2D eigenvalue weighted by Gasteiger charge is 2.32. The van der Waals surface area contributed by atoms with Crippen LogP contribution in [0.25, 0.3) is 0 Å². The summed E-state index contributed by atoms with van der Waals surface area (Å²) < 4.78 is 0. The minimum Gasteiger partial charge on any atom is -0.307 e. The molecule has 0 spiro atoms. The highest BCUT2D eigenvalue weighted by Crippen LogP contribution is 2.31. The zero-order chi connectivity index (χ0) is 12.1. The Morgan fingerprint density at radius 2 is 1.65 bits per heavy atom. The molecule has 0 radical (unpaired) electrons. The molecular weight excluding hydrogens is 208 g/mol. The van der Waals surface area contributed by atoms with Gasteiger partial charge in [-0.15, -0.1) is 0 Å². The lowest BCUT2D eigenvalue weighted by Crippen LogP contribution is -2.51. The first-order valence-electron chi connectivity index (χ1n) is 7.41. The molecular formula is C15H26N2. The normalized spacial score (nSPS) is 33.6. The predicted octanol–water partition coefficient (Wildman–Crippen LogP) is 3.77. The van der Waals surface area contributed by atoms with E-state index in [1.165, 1.54) is 57.8 Å². The molecule has 17 heavy (non-hydrogen) atoms. The van der Waals surface area contributed by atoms with Gasteiger partial charge in [0.2, 0.25) is 0 Å². The minimum atomic E-state index is 0.247. The van der Waals surface area contributed by atoms with Gasteiger partial charge in [-0.1, -0.05) is 38.5 Å². The molecule has 2 rings (SSSR count). The van der Waals surface area contributed by atoms with Crippen molar-refractivity contribution >= 4 is 0 Å². The molecule has 2 aliphatic rings. The monoisotopic (exact) mass is 234 g/mol. The van der Waals surface area contributed by atoms with Gasteiger partial charge in [0.25, 0.3) is 0 Å². The van der Waals surface area contributed by atoms with Gasteiger partial charge in [-0.2, -0.15) is 5.26 Å². The van der Waals surface area contributed by atoms with Crippen molar-refractivity contribution in [3.8, 4) is 6.07 Å². The summed E-state index contributed by atoms with van der Waals surface area (Å²) >= 11 is 0. The first-order valence-corrected chi connectivity index (χ1v) is 7.41. The lowest BCUT2D eigenvalue weighted by molar-refractivity contribution is 0.205. The van der Waals surface area contributed by atoms with Crippen LogP contribution in [-0.2, 0) is 0 Å². The van der Waals surface area contributed by atoms with E-state index in [4.69, 9.17) is 0 Å². The predicted molar refractivity (Wildman–Crippen MR) is 70.6 cm³/mol. The lowest BCUT2D eigenvalue weighted by atomic mass is 9.81. The van der Waals surface area contributed by atoms with Crippen LogP contribution < -0.4 is 5.32 Å². The molecule has 2 aliphatic carbocycles. The van der Waals surface area contributed by atoms with Crippen LogP contribution in [0.2, 0.25) is 0 Å². The number of nitriles is 1. The van der Waals surface area contributed by atoms with Crippen LogP contribution >= 0.6 is 0 Å². The van der Waals surface area contributed by atoms with Gasteiger partial charge in [-0.25, -0.2) is 0 Å². The van der Waals surface area contributed by atoms with Crippen molar-refractivity contribution in [3.05, 3.63) is 0 Å². The third-order valence-electron chi connectivity index (χ3n) is 4.67. The van der Waals surface area contributed by atoms with E-state index in [9.17, 15) is 5.26 Å². The van der Waals surface area contributed by atoms with Crippen LogP contribution in [0.3, 0.4) is 0 Å². The smallest absolute Gasteiger partial charge is 0.0672 e. The molecule has 0 bridgehead atoms. The SMILES string of the molecule is CC1(NC2CCCCCC2C#N)CCCCC1. The van der Waals surface area contributed by atoms with Gasteiger partial charge in [0.1, 0.15) is 0 Å². The second-order valence-corrected chi connectivity index (χ2v) is 6.25. The van der Waals surface area contributed by atoms with Gasteiger partial charge in [-0.05, 0) is 32.6 Å². The van der Waals surface area contributed by atoms with Crippen LogP contribution in [0.4, 0.5) is 0 Å². The Balaban J connectivity index is 1.96. The van der Waals surface area contributed by atoms with E-state index >= 15 is 0 Å². The van der Waals surface area contributed by atoms with Crippen LogP contribution in [0.15, 0.2) is 0 Å². The quantitative estimate of drug-likeness (QED) is 0.738. The van der Waals surface area contributed by atoms with Crippen LogP contribution in [-0.4, -0.2) is 11.6 Å². The minimum absolute atomic E-state index is 0.247. The zero-order valence-corrected chi connectivity index (χ0v) is 11.2. The van der Waals surface area contributed by atoms with Gasteiger partial charge in [-0.3, -0.25) is 0 Å². The fraction of sp³-hybridized carbons (Fsp3) is 0.933. The Bertz CT molecular complexity index is 273. The van der Waals surface area contributed by atoms with Crippen molar-refractivity contribution in [2.75, 3.05) is 0 Å². The van der Waals surface area contributed by atoms with Crippen LogP contribution in [0.5, 0.6) is 0 Å². The molecule has 1 N–H and O–H groups in total. The molecule has 0 saturated heterocycles. The van der Waals surface area contributed by atoms with E-state index in [0.717, 1.165) is 6.42 Å². The third kappa shape index (κ3) is 3.45. The van der Waals surface area contributed by atoms with Gasteiger partial charge < -0.3 is 5.32 Å². The van der Waals surface area contributed by atoms with Crippen molar-refractivity contribution in [1.29, 1.82) is 5.26 Å². The Hall–Kier alpha value is -0.550. The molecule has 0 aromatic carbocycles. The largest absolute Gasteiger partial charge is 0.307 e. The van der Waals surface area contributed by atoms with Gasteiger partial charge >= 0.3 is 0 Å². The zero-order valence-electron chi connectivity index (χ0n) is 11.2. The first-order chi connectivity index (χ1) is 8.23. The number of hydrogen-bond acceptors (Lipinski definition) is 2. The van der Waals surface area contributed by atoms with E-state index < -0.39 is 0 Å². The standard InChI is InChI=1S/C15H26N2/c1-15(10-6-3-7-11-15)17-14-9-5-2-4-8-13(14)12-16/h13-14,17H,2-11H2,1H3. The summed E-state index contributed by atoms with van der Waals surface area (Å²) in [6.07, 6.45) is 12.8. The Kier molecular flexibility index (Phi) is 4.45. The Morgan fingerprint density at radius 1 is 1.00 bits per heavy atom. The summed E-state index contributed by atoms with van der Waals surface area (Å²) in [7, 11) is 0. The van der Waals surface area contributed by atoms with E-state index in [0.29, 0.717) is 11.6 Å².